The van der Waals surface area contributed by atoms with Gasteiger partial charge in [-0.3, -0.25) is 4.79 Å². The predicted octanol–water partition coefficient (Wildman–Crippen LogP) is 6.06. The van der Waals surface area contributed by atoms with E-state index in [1.807, 2.05) is 29.2 Å². The molecule has 3 aliphatic rings. The Kier molecular flexibility index (Phi) is 9.57. The summed E-state index contributed by atoms with van der Waals surface area (Å²) in [7, 11) is -2.09. The molecule has 1 N–H and O–H groups in total. The molecule has 2 aliphatic heterocycles. The maximum Gasteiger partial charge on any atom is 0.227 e. The Hall–Kier alpha value is -1.51. The number of rotatable bonds is 10. The Morgan fingerprint density at radius 2 is 1.76 bits per heavy atom. The third-order valence-electron chi connectivity index (χ3n) is 9.50. The van der Waals surface area contributed by atoms with Crippen molar-refractivity contribution >= 4 is 14.2 Å². The first-order valence-electron chi connectivity index (χ1n) is 14.7. The molecule has 38 heavy (non-hydrogen) atoms. The highest BCUT2D eigenvalue weighted by Gasteiger charge is 2.58. The second-order valence-corrected chi connectivity index (χ2v) is 18.0. The van der Waals surface area contributed by atoms with Crippen molar-refractivity contribution in [3.05, 3.63) is 48.0 Å². The van der Waals surface area contributed by atoms with Gasteiger partial charge in [-0.2, -0.15) is 0 Å². The van der Waals surface area contributed by atoms with Gasteiger partial charge in [0.1, 0.15) is 6.23 Å². The minimum atomic E-state index is -2.09. The van der Waals surface area contributed by atoms with Crippen molar-refractivity contribution in [2.24, 2.45) is 11.3 Å². The van der Waals surface area contributed by atoms with Crippen LogP contribution in [-0.4, -0.2) is 62.4 Å². The van der Waals surface area contributed by atoms with Crippen LogP contribution in [0.5, 0.6) is 0 Å². The third-order valence-corrected chi connectivity index (χ3v) is 15.6. The quantitative estimate of drug-likeness (QED) is 0.287. The second-order valence-electron chi connectivity index (χ2n) is 12.6. The normalized spacial score (nSPS) is 30.1. The van der Waals surface area contributed by atoms with E-state index in [4.69, 9.17) is 13.9 Å². The lowest BCUT2D eigenvalue weighted by atomic mass is 9.61. The number of nitrogens with zero attached hydrogens (tertiary/aromatic N) is 1. The molecule has 2 saturated heterocycles. The van der Waals surface area contributed by atoms with Gasteiger partial charge in [0.15, 0.2) is 8.32 Å². The first-order chi connectivity index (χ1) is 18.1. The Labute approximate surface area is 230 Å². The molecule has 0 aromatic heterocycles. The zero-order chi connectivity index (χ0) is 27.5. The lowest BCUT2D eigenvalue weighted by Crippen LogP contribution is -2.67. The summed E-state index contributed by atoms with van der Waals surface area (Å²) < 4.78 is 19.9. The minimum absolute atomic E-state index is 0.0574. The van der Waals surface area contributed by atoms with Crippen LogP contribution in [-0.2, 0) is 25.3 Å². The summed E-state index contributed by atoms with van der Waals surface area (Å²) in [5.41, 5.74) is 1.95. The van der Waals surface area contributed by atoms with Crippen LogP contribution in [0.2, 0.25) is 16.6 Å². The smallest absolute Gasteiger partial charge is 0.227 e. The zero-order valence-corrected chi connectivity index (χ0v) is 25.3. The first-order valence-corrected chi connectivity index (χ1v) is 16.8. The number of benzene rings is 1. The van der Waals surface area contributed by atoms with Crippen LogP contribution < -0.4 is 0 Å². The van der Waals surface area contributed by atoms with Gasteiger partial charge >= 0.3 is 0 Å². The topological polar surface area (TPSA) is 68.2 Å². The third kappa shape index (κ3) is 5.55. The lowest BCUT2D eigenvalue weighted by molar-refractivity contribution is -0.252. The standard InChI is InChI=1S/C31H49NO5Si/c1-22(2)38(23(3)4,24(5)6)36-21-27-18-29(34)32-17-11-16-31(30(32)37-27)26(14-10-15-28(31)33)20-35-19-25-12-8-7-9-13-25/h7-10,12-13,15,22-24,26-28,30,33H,11,14,16-21H2,1-6H3/t26-,27+,28+,30+,31+/m1/s1. The summed E-state index contributed by atoms with van der Waals surface area (Å²) in [6.45, 7) is 15.8. The summed E-state index contributed by atoms with van der Waals surface area (Å²) in [5.74, 6) is 0.174. The highest BCUT2D eigenvalue weighted by molar-refractivity contribution is 6.77. The number of fused-ring (bicyclic) bond motifs is 2. The molecule has 1 amide bonds. The average molecular weight is 544 g/mol. The molecule has 0 radical (unpaired) electrons. The van der Waals surface area contributed by atoms with Gasteiger partial charge < -0.3 is 23.9 Å². The number of carbonyl (C=O) groups is 1. The van der Waals surface area contributed by atoms with E-state index in [0.29, 0.717) is 49.4 Å². The van der Waals surface area contributed by atoms with Crippen molar-refractivity contribution < 1.29 is 23.8 Å². The second kappa shape index (κ2) is 12.3. The van der Waals surface area contributed by atoms with E-state index in [-0.39, 0.29) is 17.9 Å². The average Bonchev–Trinajstić information content (AvgIpc) is 2.87. The summed E-state index contributed by atoms with van der Waals surface area (Å²) in [4.78, 5) is 15.4. The van der Waals surface area contributed by atoms with Crippen LogP contribution >= 0.6 is 0 Å². The summed E-state index contributed by atoms with van der Waals surface area (Å²) in [6.07, 6.45) is 5.32. The van der Waals surface area contributed by atoms with Gasteiger partial charge in [0.25, 0.3) is 0 Å². The number of hydrogen-bond acceptors (Lipinski definition) is 5. The van der Waals surface area contributed by atoms with Crippen LogP contribution in [0.1, 0.15) is 72.8 Å². The molecule has 2 fully saturated rings. The summed E-state index contributed by atoms with van der Waals surface area (Å²) in [6, 6.07) is 10.2. The molecule has 212 valence electrons. The van der Waals surface area contributed by atoms with Gasteiger partial charge in [-0.15, -0.1) is 0 Å². The molecule has 0 bridgehead atoms. The van der Waals surface area contributed by atoms with Crippen LogP contribution in [0, 0.1) is 11.3 Å². The molecule has 7 heteroatoms. The number of allylic oxidation sites excluding steroid dienone is 1. The molecule has 1 aromatic carbocycles. The fraction of sp³-hybridized carbons (Fsp3) is 0.710. The SMILES string of the molecule is CC(C)[Si](OC[C@@H]1CC(=O)N2CCC[C@@]3([C@@H](COCc4ccccc4)CC=C[C@@H]3O)[C@@H]2O1)(C(C)C)C(C)C. The van der Waals surface area contributed by atoms with E-state index in [1.54, 1.807) is 0 Å². The number of piperidine rings is 1. The fourth-order valence-corrected chi connectivity index (χ4v) is 13.2. The van der Waals surface area contributed by atoms with Gasteiger partial charge in [0, 0.05) is 6.54 Å². The van der Waals surface area contributed by atoms with Gasteiger partial charge in [0.2, 0.25) is 5.91 Å². The molecule has 2 heterocycles. The Morgan fingerprint density at radius 1 is 1.08 bits per heavy atom. The van der Waals surface area contributed by atoms with Gasteiger partial charge in [-0.25, -0.2) is 0 Å². The van der Waals surface area contributed by atoms with Crippen LogP contribution in [0.15, 0.2) is 42.5 Å². The predicted molar refractivity (Wildman–Crippen MR) is 153 cm³/mol. The Bertz CT molecular complexity index is 929. The maximum atomic E-state index is 13.5. The molecule has 1 aliphatic carbocycles. The van der Waals surface area contributed by atoms with Crippen molar-refractivity contribution in [2.45, 2.75) is 109 Å². The Morgan fingerprint density at radius 3 is 2.42 bits per heavy atom. The summed E-state index contributed by atoms with van der Waals surface area (Å²) in [5, 5.41) is 11.5. The van der Waals surface area contributed by atoms with Crippen molar-refractivity contribution in [2.75, 3.05) is 19.8 Å². The molecular formula is C31H49NO5Si. The van der Waals surface area contributed by atoms with Gasteiger partial charge in [-0.1, -0.05) is 84.0 Å². The zero-order valence-electron chi connectivity index (χ0n) is 24.3. The molecule has 1 aromatic rings. The number of amides is 1. The van der Waals surface area contributed by atoms with Crippen molar-refractivity contribution in [3.63, 3.8) is 0 Å². The van der Waals surface area contributed by atoms with Gasteiger partial charge in [0.05, 0.1) is 43.9 Å². The highest BCUT2D eigenvalue weighted by Crippen LogP contribution is 2.51. The lowest BCUT2D eigenvalue weighted by Gasteiger charge is -2.58. The number of carbonyl (C=O) groups excluding carboxylic acids is 1. The number of hydrogen-bond donors (Lipinski definition) is 1. The van der Waals surface area contributed by atoms with Crippen LogP contribution in [0.4, 0.5) is 0 Å². The minimum Gasteiger partial charge on any atom is -0.413 e. The van der Waals surface area contributed by atoms with Crippen molar-refractivity contribution in [3.8, 4) is 0 Å². The largest absolute Gasteiger partial charge is 0.413 e. The number of aliphatic hydroxyl groups is 1. The number of aliphatic hydroxyl groups excluding tert-OH is 1. The molecule has 4 rings (SSSR count). The molecule has 0 saturated carbocycles. The molecule has 0 unspecified atom stereocenters. The summed E-state index contributed by atoms with van der Waals surface area (Å²) >= 11 is 0. The monoisotopic (exact) mass is 543 g/mol. The molecule has 6 nitrogen and oxygen atoms in total. The van der Waals surface area contributed by atoms with E-state index >= 15 is 0 Å². The molecule has 5 atom stereocenters. The van der Waals surface area contributed by atoms with Crippen LogP contribution in [0.3, 0.4) is 0 Å². The maximum absolute atomic E-state index is 13.5. The van der Waals surface area contributed by atoms with E-state index in [1.165, 1.54) is 0 Å². The van der Waals surface area contributed by atoms with E-state index in [9.17, 15) is 9.90 Å². The van der Waals surface area contributed by atoms with Gasteiger partial charge in [-0.05, 0) is 47.4 Å². The molecule has 1 spiro atoms. The van der Waals surface area contributed by atoms with E-state index < -0.39 is 26.1 Å². The first kappa shape index (κ1) is 29.5. The van der Waals surface area contributed by atoms with Crippen molar-refractivity contribution in [1.82, 2.24) is 4.90 Å². The van der Waals surface area contributed by atoms with Crippen LogP contribution in [0.25, 0.3) is 0 Å². The molecular weight excluding hydrogens is 494 g/mol. The fourth-order valence-electron chi connectivity index (χ4n) is 7.75. The Balaban J connectivity index is 1.54. The highest BCUT2D eigenvalue weighted by atomic mass is 28.4. The van der Waals surface area contributed by atoms with E-state index in [0.717, 1.165) is 24.8 Å². The van der Waals surface area contributed by atoms with Crippen molar-refractivity contribution in [1.29, 1.82) is 0 Å². The van der Waals surface area contributed by atoms with E-state index in [2.05, 4.69) is 59.8 Å². The number of ether oxygens (including phenoxy) is 2.